The second-order valence-electron chi connectivity index (χ2n) is 3.78. The molecule has 0 heterocycles. The van der Waals surface area contributed by atoms with Crippen molar-refractivity contribution in [2.24, 2.45) is 5.92 Å². The van der Waals surface area contributed by atoms with Crippen LogP contribution in [0.3, 0.4) is 0 Å². The summed E-state index contributed by atoms with van der Waals surface area (Å²) < 4.78 is 26.4. The third-order valence-electron chi connectivity index (χ3n) is 2.37. The van der Waals surface area contributed by atoms with Gasteiger partial charge in [-0.2, -0.15) is 0 Å². The molecule has 0 aromatic carbocycles. The molecule has 0 saturated heterocycles. The maximum atomic E-state index is 13.4. The summed E-state index contributed by atoms with van der Waals surface area (Å²) in [6, 6.07) is 0. The molecule has 0 fully saturated rings. The molecule has 0 bridgehead atoms. The Morgan fingerprint density at radius 1 is 1.40 bits per heavy atom. The first-order valence-corrected chi connectivity index (χ1v) is 5.40. The summed E-state index contributed by atoms with van der Waals surface area (Å²) in [7, 11) is 0. The predicted octanol–water partition coefficient (Wildman–Crippen LogP) is 5.10. The Hall–Kier alpha value is -0.920. The number of hydrogen-bond acceptors (Lipinski definition) is 0. The molecule has 0 radical (unpaired) electrons. The lowest BCUT2D eigenvalue weighted by molar-refractivity contribution is 0.495. The molecule has 0 spiro atoms. The maximum Gasteiger partial charge on any atom is 0.161 e. The van der Waals surface area contributed by atoms with Gasteiger partial charge in [-0.1, -0.05) is 39.3 Å². The van der Waals surface area contributed by atoms with Crippen LogP contribution in [0.15, 0.2) is 36.0 Å². The van der Waals surface area contributed by atoms with E-state index in [1.807, 2.05) is 6.92 Å². The second-order valence-corrected chi connectivity index (χ2v) is 3.78. The molecule has 0 amide bonds. The topological polar surface area (TPSA) is 0 Å². The molecule has 0 aliphatic carbocycles. The molecule has 0 rings (SSSR count). The van der Waals surface area contributed by atoms with E-state index in [-0.39, 0.29) is 0 Å². The Kier molecular flexibility index (Phi) is 6.93. The quantitative estimate of drug-likeness (QED) is 0.540. The van der Waals surface area contributed by atoms with Crippen LogP contribution in [0.25, 0.3) is 0 Å². The molecule has 2 heteroatoms. The van der Waals surface area contributed by atoms with Crippen molar-refractivity contribution >= 4 is 0 Å². The van der Waals surface area contributed by atoms with Crippen molar-refractivity contribution in [3.8, 4) is 0 Å². The van der Waals surface area contributed by atoms with Crippen LogP contribution in [0.4, 0.5) is 8.78 Å². The van der Waals surface area contributed by atoms with Gasteiger partial charge in [0.1, 0.15) is 0 Å². The zero-order chi connectivity index (χ0) is 11.8. The Balaban J connectivity index is 4.59. The van der Waals surface area contributed by atoms with Gasteiger partial charge >= 0.3 is 0 Å². The molecule has 0 saturated carbocycles. The second kappa shape index (κ2) is 7.38. The molecule has 86 valence electrons. The van der Waals surface area contributed by atoms with E-state index < -0.39 is 11.7 Å². The van der Waals surface area contributed by atoms with Gasteiger partial charge in [0.2, 0.25) is 0 Å². The van der Waals surface area contributed by atoms with Gasteiger partial charge in [0.05, 0.1) is 0 Å². The van der Waals surface area contributed by atoms with Crippen LogP contribution in [-0.4, -0.2) is 0 Å². The summed E-state index contributed by atoms with van der Waals surface area (Å²) in [6.45, 7) is 9.07. The Labute approximate surface area is 91.4 Å². The largest absolute Gasteiger partial charge is 0.204 e. The third-order valence-corrected chi connectivity index (χ3v) is 2.37. The lowest BCUT2D eigenvalue weighted by Gasteiger charge is -2.11. The Bertz CT molecular complexity index is 262. The minimum Gasteiger partial charge on any atom is -0.204 e. The molecule has 0 nitrogen and oxygen atoms in total. The van der Waals surface area contributed by atoms with Crippen molar-refractivity contribution in [2.75, 3.05) is 0 Å². The van der Waals surface area contributed by atoms with Crippen LogP contribution in [0.5, 0.6) is 0 Å². The first kappa shape index (κ1) is 14.1. The van der Waals surface area contributed by atoms with E-state index >= 15 is 0 Å². The summed E-state index contributed by atoms with van der Waals surface area (Å²) in [5, 5.41) is 0. The van der Waals surface area contributed by atoms with Gasteiger partial charge in [-0.15, -0.1) is 0 Å². The highest BCUT2D eigenvalue weighted by molar-refractivity contribution is 5.31. The van der Waals surface area contributed by atoms with Crippen molar-refractivity contribution in [1.82, 2.24) is 0 Å². The molecule has 0 aromatic rings. The van der Waals surface area contributed by atoms with Crippen LogP contribution in [0.2, 0.25) is 0 Å². The molecule has 1 unspecified atom stereocenters. The van der Waals surface area contributed by atoms with Crippen LogP contribution in [-0.2, 0) is 0 Å². The molecule has 0 aromatic heterocycles. The Morgan fingerprint density at radius 2 is 2.00 bits per heavy atom. The van der Waals surface area contributed by atoms with Gasteiger partial charge in [0.15, 0.2) is 11.7 Å². The van der Waals surface area contributed by atoms with Crippen LogP contribution in [0.1, 0.15) is 40.0 Å². The number of rotatable bonds is 6. The Morgan fingerprint density at radius 3 is 2.40 bits per heavy atom. The maximum absolute atomic E-state index is 13.4. The monoisotopic (exact) mass is 214 g/mol. The SMILES string of the molecule is C=C/C(F)=C(F)\C(=C/C)CC(C)CCC. The smallest absolute Gasteiger partial charge is 0.161 e. The molecular formula is C13H20F2. The normalized spacial score (nSPS) is 15.9. The standard InChI is InChI=1S/C13H20F2/c1-5-8-10(4)9-11(6-2)13(15)12(14)7-3/h6-7,10H,3,5,8-9H2,1-2,4H3/b11-6-,13-12-. The van der Waals surface area contributed by atoms with Crippen molar-refractivity contribution < 1.29 is 8.78 Å². The highest BCUT2D eigenvalue weighted by Crippen LogP contribution is 2.26. The summed E-state index contributed by atoms with van der Waals surface area (Å²) in [6.07, 6.45) is 5.21. The molecule has 0 N–H and O–H groups in total. The minimum absolute atomic E-state index is 0.379. The predicted molar refractivity (Wildman–Crippen MR) is 61.9 cm³/mol. The van der Waals surface area contributed by atoms with E-state index in [1.54, 1.807) is 13.0 Å². The zero-order valence-corrected chi connectivity index (χ0v) is 9.82. The van der Waals surface area contributed by atoms with Crippen LogP contribution in [0, 0.1) is 5.92 Å². The van der Waals surface area contributed by atoms with Crippen molar-refractivity contribution in [3.05, 3.63) is 36.0 Å². The van der Waals surface area contributed by atoms with Gasteiger partial charge in [-0.3, -0.25) is 0 Å². The van der Waals surface area contributed by atoms with Crippen LogP contribution >= 0.6 is 0 Å². The number of hydrogen-bond donors (Lipinski definition) is 0. The summed E-state index contributed by atoms with van der Waals surface area (Å²) in [5.74, 6) is -1.26. The minimum atomic E-state index is -0.869. The van der Waals surface area contributed by atoms with Gasteiger partial charge in [0.25, 0.3) is 0 Å². The molecule has 15 heavy (non-hydrogen) atoms. The van der Waals surface area contributed by atoms with Crippen LogP contribution < -0.4 is 0 Å². The average molecular weight is 214 g/mol. The van der Waals surface area contributed by atoms with Gasteiger partial charge in [-0.05, 0) is 30.9 Å². The number of halogens is 2. The van der Waals surface area contributed by atoms with Crippen molar-refractivity contribution in [3.63, 3.8) is 0 Å². The lowest BCUT2D eigenvalue weighted by atomic mass is 9.96. The van der Waals surface area contributed by atoms with Gasteiger partial charge in [-0.25, -0.2) is 8.78 Å². The molecule has 0 aliphatic rings. The first-order chi connectivity index (χ1) is 7.06. The highest BCUT2D eigenvalue weighted by atomic mass is 19.2. The molecule has 1 atom stereocenters. The fraction of sp³-hybridized carbons (Fsp3) is 0.538. The van der Waals surface area contributed by atoms with E-state index in [2.05, 4.69) is 13.5 Å². The summed E-state index contributed by atoms with van der Waals surface area (Å²) in [4.78, 5) is 0. The van der Waals surface area contributed by atoms with E-state index in [1.165, 1.54) is 0 Å². The van der Waals surface area contributed by atoms with E-state index in [0.717, 1.165) is 18.9 Å². The first-order valence-electron chi connectivity index (χ1n) is 5.40. The van der Waals surface area contributed by atoms with Gasteiger partial charge < -0.3 is 0 Å². The van der Waals surface area contributed by atoms with E-state index in [0.29, 0.717) is 17.9 Å². The van der Waals surface area contributed by atoms with Crippen molar-refractivity contribution in [2.45, 2.75) is 40.0 Å². The molecular weight excluding hydrogens is 194 g/mol. The molecule has 0 aliphatic heterocycles. The highest BCUT2D eigenvalue weighted by Gasteiger charge is 2.12. The number of allylic oxidation sites excluding steroid dienone is 5. The zero-order valence-electron chi connectivity index (χ0n) is 9.82. The average Bonchev–Trinajstić information content (AvgIpc) is 2.24. The fourth-order valence-corrected chi connectivity index (χ4v) is 1.55. The van der Waals surface area contributed by atoms with Crippen molar-refractivity contribution in [1.29, 1.82) is 0 Å². The summed E-state index contributed by atoms with van der Waals surface area (Å²) in [5.41, 5.74) is 0.438. The summed E-state index contributed by atoms with van der Waals surface area (Å²) >= 11 is 0. The van der Waals surface area contributed by atoms with E-state index in [4.69, 9.17) is 0 Å². The third kappa shape index (κ3) is 4.91. The lowest BCUT2D eigenvalue weighted by Crippen LogP contribution is -1.98. The van der Waals surface area contributed by atoms with E-state index in [9.17, 15) is 8.78 Å². The fourth-order valence-electron chi connectivity index (χ4n) is 1.55. The van der Waals surface area contributed by atoms with Gasteiger partial charge in [0, 0.05) is 0 Å².